The van der Waals surface area contributed by atoms with Crippen LogP contribution >= 0.6 is 0 Å². The van der Waals surface area contributed by atoms with Gasteiger partial charge < -0.3 is 5.43 Å². The molecule has 0 saturated heterocycles. The minimum atomic E-state index is 0.119. The first-order chi connectivity index (χ1) is 4.52. The van der Waals surface area contributed by atoms with Crippen molar-refractivity contribution in [2.75, 3.05) is 0 Å². The third kappa shape index (κ3) is 2.69. The molecule has 0 rings (SSSR count). The molecule has 0 aliphatic heterocycles. The van der Waals surface area contributed by atoms with Gasteiger partial charge in [0.05, 0.1) is 0 Å². The average Bonchev–Trinajstić information content (AvgIpc) is 1.80. The van der Waals surface area contributed by atoms with Gasteiger partial charge in [-0.15, -0.1) is 0 Å². The maximum atomic E-state index is 5.13. The van der Waals surface area contributed by atoms with Gasteiger partial charge in [0.25, 0.3) is 0 Å². The fourth-order valence-corrected chi connectivity index (χ4v) is 0.671. The van der Waals surface area contributed by atoms with Gasteiger partial charge in [-0.1, -0.05) is 33.4 Å². The van der Waals surface area contributed by atoms with Crippen LogP contribution in [-0.4, -0.2) is 0 Å². The maximum Gasteiger partial charge on any atom is 0.0160 e. The quantitative estimate of drug-likeness (QED) is 0.347. The van der Waals surface area contributed by atoms with Crippen molar-refractivity contribution in [3.63, 3.8) is 0 Å². The molecule has 0 spiro atoms. The monoisotopic (exact) mass is 140 g/mol. The highest BCUT2D eigenvalue weighted by molar-refractivity contribution is 5.21. The Kier molecular flexibility index (Phi) is 3.16. The molecular weight excluding hydrogens is 124 g/mol. The summed E-state index contributed by atoms with van der Waals surface area (Å²) in [7, 11) is 0. The molecule has 0 radical (unpaired) electrons. The number of allylic oxidation sites excluding steroid dienone is 2. The average molecular weight is 140 g/mol. The molecular formula is C8H16N2. The lowest BCUT2D eigenvalue weighted by Gasteiger charge is -2.19. The van der Waals surface area contributed by atoms with Gasteiger partial charge in [0, 0.05) is 6.20 Å². The molecule has 2 heteroatoms. The summed E-state index contributed by atoms with van der Waals surface area (Å²) in [6.07, 6.45) is 3.56. The summed E-state index contributed by atoms with van der Waals surface area (Å²) < 4.78 is 0. The number of hydrogen-bond donors (Lipinski definition) is 2. The fraction of sp³-hybridized carbons (Fsp3) is 0.500. The smallest absolute Gasteiger partial charge is 0.0160 e. The topological polar surface area (TPSA) is 38.0 Å². The van der Waals surface area contributed by atoms with E-state index < -0.39 is 0 Å². The number of hydrazine groups is 1. The second-order valence-electron chi connectivity index (χ2n) is 3.22. The van der Waals surface area contributed by atoms with Crippen LogP contribution in [0.25, 0.3) is 0 Å². The Bertz CT molecular complexity index is 140. The Balaban J connectivity index is 4.36. The normalized spacial score (nSPS) is 13.0. The summed E-state index contributed by atoms with van der Waals surface area (Å²) in [6, 6.07) is 0. The van der Waals surface area contributed by atoms with E-state index in [1.54, 1.807) is 12.3 Å². The van der Waals surface area contributed by atoms with Gasteiger partial charge >= 0.3 is 0 Å². The first-order valence-electron chi connectivity index (χ1n) is 3.31. The molecule has 0 heterocycles. The molecule has 0 atom stereocenters. The highest BCUT2D eigenvalue weighted by atomic mass is 15.2. The highest BCUT2D eigenvalue weighted by Gasteiger charge is 2.12. The molecule has 0 aliphatic rings. The largest absolute Gasteiger partial charge is 0.331 e. The van der Waals surface area contributed by atoms with Crippen molar-refractivity contribution in [2.24, 2.45) is 11.3 Å². The summed E-state index contributed by atoms with van der Waals surface area (Å²) in [5.74, 6) is 5.13. The number of nitrogens with two attached hydrogens (primary N) is 1. The van der Waals surface area contributed by atoms with Gasteiger partial charge in [-0.2, -0.15) is 0 Å². The van der Waals surface area contributed by atoms with E-state index in [0.717, 1.165) is 5.57 Å². The molecule has 0 bridgehead atoms. The van der Waals surface area contributed by atoms with E-state index in [4.69, 9.17) is 5.84 Å². The molecule has 0 saturated carbocycles. The summed E-state index contributed by atoms with van der Waals surface area (Å²) >= 11 is 0. The second-order valence-corrected chi connectivity index (χ2v) is 3.22. The van der Waals surface area contributed by atoms with Crippen LogP contribution in [0.5, 0.6) is 0 Å². The Morgan fingerprint density at radius 3 is 2.10 bits per heavy atom. The number of nitrogens with one attached hydrogen (secondary N) is 1. The Morgan fingerprint density at radius 1 is 1.50 bits per heavy atom. The van der Waals surface area contributed by atoms with Crippen LogP contribution in [0.3, 0.4) is 0 Å². The van der Waals surface area contributed by atoms with Crippen LogP contribution in [0.15, 0.2) is 24.4 Å². The third-order valence-electron chi connectivity index (χ3n) is 1.32. The van der Waals surface area contributed by atoms with E-state index in [1.165, 1.54) is 0 Å². The Labute approximate surface area is 62.8 Å². The van der Waals surface area contributed by atoms with Crippen molar-refractivity contribution in [3.05, 3.63) is 24.4 Å². The molecule has 0 unspecified atom stereocenters. The lowest BCUT2D eigenvalue weighted by molar-refractivity contribution is 0.513. The van der Waals surface area contributed by atoms with Gasteiger partial charge in [0.1, 0.15) is 0 Å². The van der Waals surface area contributed by atoms with E-state index in [2.05, 4.69) is 32.8 Å². The molecule has 3 N–H and O–H groups in total. The van der Waals surface area contributed by atoms with Gasteiger partial charge in [-0.25, -0.2) is 0 Å². The Morgan fingerprint density at radius 2 is 2.00 bits per heavy atom. The van der Waals surface area contributed by atoms with Crippen molar-refractivity contribution in [1.82, 2.24) is 5.43 Å². The van der Waals surface area contributed by atoms with E-state index in [0.29, 0.717) is 0 Å². The van der Waals surface area contributed by atoms with Gasteiger partial charge in [-0.05, 0) is 11.0 Å². The molecule has 0 amide bonds. The zero-order valence-electron chi connectivity index (χ0n) is 6.94. The van der Waals surface area contributed by atoms with Gasteiger partial charge in [0.15, 0.2) is 0 Å². The molecule has 0 aliphatic carbocycles. The number of rotatable bonds is 2. The fourth-order valence-electron chi connectivity index (χ4n) is 0.671. The predicted molar refractivity (Wildman–Crippen MR) is 45.1 cm³/mol. The lowest BCUT2D eigenvalue weighted by atomic mass is 9.87. The van der Waals surface area contributed by atoms with E-state index in [1.807, 2.05) is 0 Å². The molecule has 2 nitrogen and oxygen atoms in total. The first kappa shape index (κ1) is 9.24. The molecule has 0 fully saturated rings. The first-order valence-corrected chi connectivity index (χ1v) is 3.31. The van der Waals surface area contributed by atoms with Crippen molar-refractivity contribution in [1.29, 1.82) is 0 Å². The molecule has 10 heavy (non-hydrogen) atoms. The SMILES string of the molecule is C=C/C(=C\NN)C(C)(C)C. The van der Waals surface area contributed by atoms with Crippen LogP contribution in [0, 0.1) is 5.41 Å². The minimum absolute atomic E-state index is 0.119. The summed E-state index contributed by atoms with van der Waals surface area (Å²) in [5.41, 5.74) is 3.72. The van der Waals surface area contributed by atoms with Gasteiger partial charge in [0.2, 0.25) is 0 Å². The van der Waals surface area contributed by atoms with Crippen LogP contribution in [0.4, 0.5) is 0 Å². The number of hydrogen-bond acceptors (Lipinski definition) is 2. The van der Waals surface area contributed by atoms with Gasteiger partial charge in [-0.3, -0.25) is 5.84 Å². The maximum absolute atomic E-state index is 5.13. The Hall–Kier alpha value is -0.760. The standard InChI is InChI=1S/C8H16N2/c1-5-7(6-10-9)8(2,3)4/h5-6,10H,1,9H2,2-4H3/b7-6+. The lowest BCUT2D eigenvalue weighted by Crippen LogP contribution is -2.18. The van der Waals surface area contributed by atoms with E-state index in [9.17, 15) is 0 Å². The molecule has 0 aromatic carbocycles. The second kappa shape index (κ2) is 3.42. The zero-order chi connectivity index (χ0) is 8.20. The van der Waals surface area contributed by atoms with Crippen LogP contribution in [0.2, 0.25) is 0 Å². The van der Waals surface area contributed by atoms with Crippen LogP contribution in [0.1, 0.15) is 20.8 Å². The predicted octanol–water partition coefficient (Wildman–Crippen LogP) is 1.57. The zero-order valence-corrected chi connectivity index (χ0v) is 6.94. The van der Waals surface area contributed by atoms with E-state index >= 15 is 0 Å². The minimum Gasteiger partial charge on any atom is -0.331 e. The van der Waals surface area contributed by atoms with Crippen molar-refractivity contribution >= 4 is 0 Å². The van der Waals surface area contributed by atoms with Crippen LogP contribution in [-0.2, 0) is 0 Å². The molecule has 0 aromatic rings. The van der Waals surface area contributed by atoms with Crippen molar-refractivity contribution in [3.8, 4) is 0 Å². The van der Waals surface area contributed by atoms with Crippen LogP contribution < -0.4 is 11.3 Å². The van der Waals surface area contributed by atoms with Crippen molar-refractivity contribution in [2.45, 2.75) is 20.8 Å². The summed E-state index contributed by atoms with van der Waals surface area (Å²) in [4.78, 5) is 0. The molecule has 0 aromatic heterocycles. The molecule has 58 valence electrons. The summed E-state index contributed by atoms with van der Waals surface area (Å²) in [6.45, 7) is 10.0. The third-order valence-corrected chi connectivity index (χ3v) is 1.32. The highest BCUT2D eigenvalue weighted by Crippen LogP contribution is 2.24. The van der Waals surface area contributed by atoms with Crippen molar-refractivity contribution < 1.29 is 0 Å². The summed E-state index contributed by atoms with van der Waals surface area (Å²) in [5, 5.41) is 0. The van der Waals surface area contributed by atoms with E-state index in [-0.39, 0.29) is 5.41 Å².